The minimum atomic E-state index is -0.0872. The Balaban J connectivity index is 1.67. The molecule has 2 N–H and O–H groups in total. The molecule has 6 heteroatoms. The molecule has 0 aliphatic carbocycles. The molecule has 5 nitrogen and oxygen atoms in total. The maximum atomic E-state index is 12.1. The fraction of sp³-hybridized carbons (Fsp3) is 0.154. The number of fused-ring (bicyclic) bond motifs is 1. The topological polar surface area (TPSA) is 70.7 Å². The minimum absolute atomic E-state index is 0.0872. The fourth-order valence-corrected chi connectivity index (χ4v) is 2.52. The van der Waals surface area contributed by atoms with Crippen LogP contribution in [0.2, 0.25) is 0 Å². The number of nitrogens with zero attached hydrogens (tertiary/aromatic N) is 2. The highest BCUT2D eigenvalue weighted by Crippen LogP contribution is 2.15. The molecule has 0 aliphatic rings. The lowest BCUT2D eigenvalue weighted by Gasteiger charge is -2.02. The Morgan fingerprint density at radius 1 is 1.37 bits per heavy atom. The number of thiazole rings is 1. The van der Waals surface area contributed by atoms with Crippen molar-refractivity contribution in [2.75, 3.05) is 6.54 Å². The van der Waals surface area contributed by atoms with E-state index in [4.69, 9.17) is 0 Å². The first-order chi connectivity index (χ1) is 9.34. The summed E-state index contributed by atoms with van der Waals surface area (Å²) in [5.41, 5.74) is 1.36. The summed E-state index contributed by atoms with van der Waals surface area (Å²) in [6.07, 6.45) is 5.91. The number of H-pyrrole nitrogens is 1. The number of amides is 1. The van der Waals surface area contributed by atoms with E-state index in [1.165, 1.54) is 0 Å². The summed E-state index contributed by atoms with van der Waals surface area (Å²) in [5.74, 6) is -0.0872. The van der Waals surface area contributed by atoms with Gasteiger partial charge in [0.15, 0.2) is 0 Å². The van der Waals surface area contributed by atoms with Crippen molar-refractivity contribution >= 4 is 28.3 Å². The molecule has 96 valence electrons. The highest BCUT2D eigenvalue weighted by Gasteiger charge is 2.11. The normalized spacial score (nSPS) is 10.7. The molecule has 0 saturated heterocycles. The standard InChI is InChI=1S/C13H12N4OS/c18-13(16-5-3-11-14-6-7-19-11)10-8-17-12-9(10)2-1-4-15-12/h1-2,4,6-8H,3,5H2,(H,15,17)(H,16,18). The fourth-order valence-electron chi connectivity index (χ4n) is 1.90. The van der Waals surface area contributed by atoms with Crippen LogP contribution in [0.25, 0.3) is 11.0 Å². The number of hydrogen-bond donors (Lipinski definition) is 2. The molecule has 19 heavy (non-hydrogen) atoms. The molecule has 3 aromatic heterocycles. The average molecular weight is 272 g/mol. The molecular formula is C13H12N4OS. The van der Waals surface area contributed by atoms with Crippen LogP contribution in [-0.2, 0) is 6.42 Å². The highest BCUT2D eigenvalue weighted by atomic mass is 32.1. The number of nitrogens with one attached hydrogen (secondary N) is 2. The Kier molecular flexibility index (Phi) is 3.24. The predicted octanol–water partition coefficient (Wildman–Crippen LogP) is 1.99. The third kappa shape index (κ3) is 2.48. The first kappa shape index (κ1) is 11.9. The van der Waals surface area contributed by atoms with E-state index >= 15 is 0 Å². The summed E-state index contributed by atoms with van der Waals surface area (Å²) in [6, 6.07) is 3.71. The van der Waals surface area contributed by atoms with Crippen molar-refractivity contribution in [2.45, 2.75) is 6.42 Å². The largest absolute Gasteiger partial charge is 0.352 e. The second-order valence-corrected chi connectivity index (χ2v) is 5.01. The van der Waals surface area contributed by atoms with Gasteiger partial charge < -0.3 is 10.3 Å². The summed E-state index contributed by atoms with van der Waals surface area (Å²) < 4.78 is 0. The summed E-state index contributed by atoms with van der Waals surface area (Å²) in [7, 11) is 0. The third-order valence-electron chi connectivity index (χ3n) is 2.80. The van der Waals surface area contributed by atoms with E-state index in [0.717, 1.165) is 22.5 Å². The van der Waals surface area contributed by atoms with Gasteiger partial charge in [0.05, 0.1) is 10.6 Å². The van der Waals surface area contributed by atoms with Crippen molar-refractivity contribution in [3.8, 4) is 0 Å². The number of hydrogen-bond acceptors (Lipinski definition) is 4. The quantitative estimate of drug-likeness (QED) is 0.763. The maximum Gasteiger partial charge on any atom is 0.253 e. The Morgan fingerprint density at radius 2 is 2.32 bits per heavy atom. The molecule has 0 radical (unpaired) electrons. The number of carbonyl (C=O) groups is 1. The molecule has 0 saturated carbocycles. The summed E-state index contributed by atoms with van der Waals surface area (Å²) >= 11 is 1.60. The lowest BCUT2D eigenvalue weighted by Crippen LogP contribution is -2.25. The van der Waals surface area contributed by atoms with Crippen LogP contribution >= 0.6 is 11.3 Å². The molecule has 1 amide bonds. The average Bonchev–Trinajstić information content (AvgIpc) is 3.07. The van der Waals surface area contributed by atoms with Crippen molar-refractivity contribution in [3.63, 3.8) is 0 Å². The minimum Gasteiger partial charge on any atom is -0.352 e. The first-order valence-electron chi connectivity index (χ1n) is 5.93. The Labute approximate surface area is 113 Å². The van der Waals surface area contributed by atoms with Gasteiger partial charge in [0.1, 0.15) is 5.65 Å². The zero-order chi connectivity index (χ0) is 13.1. The number of aromatic amines is 1. The van der Waals surface area contributed by atoms with Crippen LogP contribution in [0.5, 0.6) is 0 Å². The van der Waals surface area contributed by atoms with E-state index in [9.17, 15) is 4.79 Å². The highest BCUT2D eigenvalue weighted by molar-refractivity contribution is 7.09. The van der Waals surface area contributed by atoms with Crippen molar-refractivity contribution < 1.29 is 4.79 Å². The predicted molar refractivity (Wildman–Crippen MR) is 74.2 cm³/mol. The van der Waals surface area contributed by atoms with Gasteiger partial charge in [0.25, 0.3) is 5.91 Å². The second-order valence-electron chi connectivity index (χ2n) is 4.03. The Hall–Kier alpha value is -2.21. The molecular weight excluding hydrogens is 260 g/mol. The van der Waals surface area contributed by atoms with Gasteiger partial charge in [-0.3, -0.25) is 4.79 Å². The van der Waals surface area contributed by atoms with Crippen molar-refractivity contribution in [1.82, 2.24) is 20.3 Å². The molecule has 0 aromatic carbocycles. The monoisotopic (exact) mass is 272 g/mol. The van der Waals surface area contributed by atoms with E-state index in [0.29, 0.717) is 12.1 Å². The molecule has 0 fully saturated rings. The zero-order valence-electron chi connectivity index (χ0n) is 10.1. The molecule has 3 heterocycles. The number of aromatic nitrogens is 3. The van der Waals surface area contributed by atoms with Crippen LogP contribution < -0.4 is 5.32 Å². The molecule has 3 rings (SSSR count). The van der Waals surface area contributed by atoms with Gasteiger partial charge >= 0.3 is 0 Å². The van der Waals surface area contributed by atoms with Gasteiger partial charge in [-0.15, -0.1) is 11.3 Å². The van der Waals surface area contributed by atoms with Gasteiger partial charge in [0, 0.05) is 42.3 Å². The van der Waals surface area contributed by atoms with Gasteiger partial charge in [-0.2, -0.15) is 0 Å². The van der Waals surface area contributed by atoms with Crippen LogP contribution in [0.4, 0.5) is 0 Å². The SMILES string of the molecule is O=C(NCCc1nccs1)c1c[nH]c2ncccc12. The molecule has 0 atom stereocenters. The van der Waals surface area contributed by atoms with E-state index < -0.39 is 0 Å². The van der Waals surface area contributed by atoms with Gasteiger partial charge in [-0.25, -0.2) is 9.97 Å². The summed E-state index contributed by atoms with van der Waals surface area (Å²) in [5, 5.41) is 6.70. The number of rotatable bonds is 4. The smallest absolute Gasteiger partial charge is 0.253 e. The number of carbonyl (C=O) groups excluding carboxylic acids is 1. The zero-order valence-corrected chi connectivity index (χ0v) is 10.9. The van der Waals surface area contributed by atoms with Crippen LogP contribution in [0.1, 0.15) is 15.4 Å². The number of pyridine rings is 1. The van der Waals surface area contributed by atoms with E-state index in [2.05, 4.69) is 20.3 Å². The van der Waals surface area contributed by atoms with Crippen molar-refractivity contribution in [2.24, 2.45) is 0 Å². The van der Waals surface area contributed by atoms with Crippen LogP contribution in [0.3, 0.4) is 0 Å². The lowest BCUT2D eigenvalue weighted by atomic mass is 10.2. The maximum absolute atomic E-state index is 12.1. The van der Waals surface area contributed by atoms with Gasteiger partial charge in [0.2, 0.25) is 0 Å². The first-order valence-corrected chi connectivity index (χ1v) is 6.81. The van der Waals surface area contributed by atoms with E-state index in [1.54, 1.807) is 29.9 Å². The van der Waals surface area contributed by atoms with Gasteiger partial charge in [-0.05, 0) is 12.1 Å². The Bertz CT molecular complexity index is 690. The summed E-state index contributed by atoms with van der Waals surface area (Å²) in [6.45, 7) is 0.583. The Morgan fingerprint density at radius 3 is 3.16 bits per heavy atom. The molecule has 3 aromatic rings. The summed E-state index contributed by atoms with van der Waals surface area (Å²) in [4.78, 5) is 23.4. The molecule has 0 unspecified atom stereocenters. The third-order valence-corrected chi connectivity index (χ3v) is 3.64. The van der Waals surface area contributed by atoms with Crippen LogP contribution in [0.15, 0.2) is 36.1 Å². The second kappa shape index (κ2) is 5.19. The van der Waals surface area contributed by atoms with Crippen molar-refractivity contribution in [3.05, 3.63) is 46.7 Å². The molecule has 0 aliphatic heterocycles. The van der Waals surface area contributed by atoms with E-state index in [1.807, 2.05) is 17.5 Å². The lowest BCUT2D eigenvalue weighted by molar-refractivity contribution is 0.0956. The molecule has 0 spiro atoms. The van der Waals surface area contributed by atoms with Gasteiger partial charge in [-0.1, -0.05) is 0 Å². The molecule has 0 bridgehead atoms. The van der Waals surface area contributed by atoms with Crippen molar-refractivity contribution in [1.29, 1.82) is 0 Å². The van der Waals surface area contributed by atoms with Crippen LogP contribution in [0, 0.1) is 0 Å². The van der Waals surface area contributed by atoms with Crippen LogP contribution in [-0.4, -0.2) is 27.4 Å². The van der Waals surface area contributed by atoms with E-state index in [-0.39, 0.29) is 5.91 Å².